The van der Waals surface area contributed by atoms with Gasteiger partial charge in [-0.25, -0.2) is 19.1 Å². The molecular weight excluding hydrogens is 499 g/mol. The van der Waals surface area contributed by atoms with E-state index in [2.05, 4.69) is 42.3 Å². The zero-order chi connectivity index (χ0) is 27.4. The monoisotopic (exact) mass is 526 g/mol. The third kappa shape index (κ3) is 3.90. The number of anilines is 2. The van der Waals surface area contributed by atoms with Crippen molar-refractivity contribution in [2.24, 2.45) is 9.98 Å². The molecule has 0 unspecified atom stereocenters. The number of aliphatic imine (C=N–C) groups is 2. The first-order valence-corrected chi connectivity index (χ1v) is 13.3. The Hall–Kier alpha value is -5.04. The predicted octanol–water partition coefficient (Wildman–Crippen LogP) is 7.73. The second-order valence-corrected chi connectivity index (χ2v) is 10.3. The Morgan fingerprint density at radius 1 is 0.775 bits per heavy atom. The number of rotatable bonds is 3. The van der Waals surface area contributed by atoms with E-state index in [1.165, 1.54) is 6.07 Å². The smallest absolute Gasteiger partial charge is 0.179 e. The van der Waals surface area contributed by atoms with Gasteiger partial charge in [0.05, 0.1) is 28.8 Å². The lowest BCUT2D eigenvalue weighted by atomic mass is 9.93. The molecule has 1 N–H and O–H groups in total. The van der Waals surface area contributed by atoms with Crippen LogP contribution in [0, 0.1) is 26.6 Å². The van der Waals surface area contributed by atoms with Gasteiger partial charge >= 0.3 is 0 Å². The maximum atomic E-state index is 15.7. The average molecular weight is 527 g/mol. The Morgan fingerprint density at radius 3 is 2.25 bits per heavy atom. The molecule has 7 heteroatoms. The van der Waals surface area contributed by atoms with Crippen molar-refractivity contribution in [3.8, 4) is 5.69 Å². The van der Waals surface area contributed by atoms with E-state index < -0.39 is 6.04 Å². The average Bonchev–Trinajstić information content (AvgIpc) is 3.28. The zero-order valence-corrected chi connectivity index (χ0v) is 22.4. The summed E-state index contributed by atoms with van der Waals surface area (Å²) in [5.41, 5.74) is 7.93. The number of halogens is 1. The van der Waals surface area contributed by atoms with Crippen molar-refractivity contribution in [1.29, 1.82) is 0 Å². The van der Waals surface area contributed by atoms with Crippen LogP contribution in [0.3, 0.4) is 0 Å². The predicted molar refractivity (Wildman–Crippen MR) is 159 cm³/mol. The number of aromatic nitrogens is 2. The number of nitrogens with one attached hydrogen (secondary N) is 1. The van der Waals surface area contributed by atoms with E-state index >= 15 is 4.39 Å². The van der Waals surface area contributed by atoms with E-state index in [0.29, 0.717) is 23.1 Å². The van der Waals surface area contributed by atoms with Crippen molar-refractivity contribution >= 4 is 34.6 Å². The fourth-order valence-electron chi connectivity index (χ4n) is 5.72. The van der Waals surface area contributed by atoms with E-state index in [1.54, 1.807) is 6.07 Å². The van der Waals surface area contributed by atoms with Gasteiger partial charge in [-0.05, 0) is 74.4 Å². The largest absolute Gasteiger partial charge is 0.337 e. The van der Waals surface area contributed by atoms with Crippen molar-refractivity contribution < 1.29 is 4.39 Å². The number of hydrogen-bond acceptors (Lipinski definition) is 5. The van der Waals surface area contributed by atoms with E-state index in [1.807, 2.05) is 78.3 Å². The first kappa shape index (κ1) is 24.0. The molecule has 1 atom stereocenters. The molecular formula is C33H27FN6. The quantitative estimate of drug-likeness (QED) is 0.262. The highest BCUT2D eigenvalue weighted by atomic mass is 19.1. The summed E-state index contributed by atoms with van der Waals surface area (Å²) < 4.78 is 17.5. The number of nitrogens with zero attached hydrogens (tertiary/aromatic N) is 5. The van der Waals surface area contributed by atoms with Gasteiger partial charge in [0.15, 0.2) is 17.5 Å². The minimum atomic E-state index is -0.506. The summed E-state index contributed by atoms with van der Waals surface area (Å²) in [7, 11) is 0. The maximum absolute atomic E-state index is 15.7. The molecule has 0 saturated carbocycles. The molecule has 0 spiro atoms. The van der Waals surface area contributed by atoms with Gasteiger partial charge in [-0.1, -0.05) is 54.6 Å². The minimum Gasteiger partial charge on any atom is -0.337 e. The van der Waals surface area contributed by atoms with Crippen LogP contribution in [0.1, 0.15) is 34.0 Å². The molecule has 1 aromatic heterocycles. The van der Waals surface area contributed by atoms with Crippen LogP contribution in [-0.2, 0) is 0 Å². The van der Waals surface area contributed by atoms with Crippen LogP contribution < -0.4 is 10.2 Å². The highest BCUT2D eigenvalue weighted by Gasteiger charge is 2.42. The molecule has 7 rings (SSSR count). The van der Waals surface area contributed by atoms with Crippen LogP contribution >= 0.6 is 0 Å². The Bertz CT molecular complexity index is 1820. The summed E-state index contributed by atoms with van der Waals surface area (Å²) in [6.07, 6.45) is 0. The normalized spacial score (nSPS) is 15.5. The van der Waals surface area contributed by atoms with Crippen LogP contribution in [0.2, 0.25) is 0 Å². The SMILES string of the molecule is Cc1cc(C)cc(NC2=Nc3ccccc3N3C2=Nc2c(c(C)nn2-c2ccccc2)[C@@H]3c2ccccc2F)c1. The van der Waals surface area contributed by atoms with Gasteiger partial charge in [0.2, 0.25) is 0 Å². The van der Waals surface area contributed by atoms with Gasteiger partial charge in [0.25, 0.3) is 0 Å². The van der Waals surface area contributed by atoms with Gasteiger partial charge in [-0.2, -0.15) is 5.10 Å². The fourth-order valence-corrected chi connectivity index (χ4v) is 5.72. The molecule has 3 heterocycles. The second-order valence-electron chi connectivity index (χ2n) is 10.3. The molecule has 0 fully saturated rings. The summed E-state index contributed by atoms with van der Waals surface area (Å²) in [6, 6.07) is 30.6. The highest BCUT2D eigenvalue weighted by molar-refractivity contribution is 6.51. The summed E-state index contributed by atoms with van der Waals surface area (Å²) in [5, 5.41) is 8.45. The summed E-state index contributed by atoms with van der Waals surface area (Å²) in [5.74, 6) is 1.58. The molecule has 0 bridgehead atoms. The van der Waals surface area contributed by atoms with Crippen LogP contribution in [0.5, 0.6) is 0 Å². The van der Waals surface area contributed by atoms with Gasteiger partial charge in [-0.3, -0.25) is 0 Å². The van der Waals surface area contributed by atoms with Gasteiger partial charge < -0.3 is 10.2 Å². The van der Waals surface area contributed by atoms with E-state index in [9.17, 15) is 0 Å². The van der Waals surface area contributed by atoms with Crippen LogP contribution in [-0.4, -0.2) is 21.5 Å². The molecule has 6 nitrogen and oxygen atoms in total. The molecule has 0 radical (unpaired) electrons. The lowest BCUT2D eigenvalue weighted by Gasteiger charge is -2.40. The maximum Gasteiger partial charge on any atom is 0.179 e. The molecule has 40 heavy (non-hydrogen) atoms. The third-order valence-electron chi connectivity index (χ3n) is 7.32. The zero-order valence-electron chi connectivity index (χ0n) is 22.4. The molecule has 196 valence electrons. The Balaban J connectivity index is 1.51. The lowest BCUT2D eigenvalue weighted by Crippen LogP contribution is -2.46. The first-order valence-electron chi connectivity index (χ1n) is 13.3. The molecule has 0 aliphatic carbocycles. The summed E-state index contributed by atoms with van der Waals surface area (Å²) in [4.78, 5) is 12.3. The molecule has 2 aliphatic heterocycles. The summed E-state index contributed by atoms with van der Waals surface area (Å²) in [6.45, 7) is 6.11. The van der Waals surface area contributed by atoms with E-state index in [0.717, 1.165) is 45.1 Å². The Kier molecular flexibility index (Phi) is 5.59. The van der Waals surface area contributed by atoms with Crippen molar-refractivity contribution in [2.45, 2.75) is 26.8 Å². The Morgan fingerprint density at radius 2 is 1.48 bits per heavy atom. The van der Waals surface area contributed by atoms with E-state index in [4.69, 9.17) is 15.1 Å². The highest BCUT2D eigenvalue weighted by Crippen LogP contribution is 2.48. The van der Waals surface area contributed by atoms with Crippen molar-refractivity contribution in [2.75, 3.05) is 10.2 Å². The molecule has 0 amide bonds. The Labute approximate surface area is 232 Å². The number of fused-ring (bicyclic) bond motifs is 4. The van der Waals surface area contributed by atoms with Gasteiger partial charge in [0, 0.05) is 16.8 Å². The van der Waals surface area contributed by atoms with Crippen LogP contribution in [0.25, 0.3) is 5.69 Å². The van der Waals surface area contributed by atoms with Gasteiger partial charge in [-0.15, -0.1) is 0 Å². The molecule has 2 aliphatic rings. The molecule has 5 aromatic rings. The minimum absolute atomic E-state index is 0.282. The van der Waals surface area contributed by atoms with Crippen molar-refractivity contribution in [1.82, 2.24) is 9.78 Å². The van der Waals surface area contributed by atoms with Crippen LogP contribution in [0.4, 0.5) is 27.3 Å². The number of hydrogen-bond donors (Lipinski definition) is 1. The van der Waals surface area contributed by atoms with Crippen molar-refractivity contribution in [3.05, 3.63) is 131 Å². The molecule has 4 aromatic carbocycles. The lowest BCUT2D eigenvalue weighted by molar-refractivity contribution is 0.597. The van der Waals surface area contributed by atoms with Crippen molar-refractivity contribution in [3.63, 3.8) is 0 Å². The fraction of sp³-hybridized carbons (Fsp3) is 0.121. The van der Waals surface area contributed by atoms with E-state index in [-0.39, 0.29) is 5.82 Å². The third-order valence-corrected chi connectivity index (χ3v) is 7.32. The second kappa shape index (κ2) is 9.31. The standard InChI is InChI=1S/C33H27FN6/c1-20-17-21(2)19-23(18-20)35-31-33-37-32-29(22(3)38-40(32)24-11-5-4-6-12-24)30(25-13-7-8-14-26(25)34)39(33)28-16-10-9-15-27(28)36-31/h4-19,30H,1-3H3,(H,35,36)/t30-/m0/s1. The number of para-hydroxylation sites is 3. The molecule has 0 saturated heterocycles. The number of amidine groups is 2. The number of aryl methyl sites for hydroxylation is 3. The topological polar surface area (TPSA) is 57.8 Å². The van der Waals surface area contributed by atoms with Crippen LogP contribution in [0.15, 0.2) is 107 Å². The number of benzene rings is 4. The van der Waals surface area contributed by atoms with Gasteiger partial charge in [0.1, 0.15) is 5.82 Å². The summed E-state index contributed by atoms with van der Waals surface area (Å²) >= 11 is 0. The first-order chi connectivity index (χ1) is 19.5.